The summed E-state index contributed by atoms with van der Waals surface area (Å²) >= 11 is 1.29. The number of rotatable bonds is 3. The Morgan fingerprint density at radius 2 is 2.00 bits per heavy atom. The van der Waals surface area contributed by atoms with Gasteiger partial charge in [0.2, 0.25) is 5.91 Å². The van der Waals surface area contributed by atoms with Crippen LogP contribution >= 0.6 is 11.3 Å². The Balaban J connectivity index is 2.68. The lowest BCUT2D eigenvalue weighted by Gasteiger charge is -2.16. The van der Waals surface area contributed by atoms with Crippen molar-refractivity contribution in [3.8, 4) is 0 Å². The average molecular weight is 256 g/mol. The fraction of sp³-hybridized carbons (Fsp3) is 0.545. The Morgan fingerprint density at radius 1 is 1.41 bits per heavy atom. The van der Waals surface area contributed by atoms with Crippen molar-refractivity contribution in [2.45, 2.75) is 34.2 Å². The number of hydrogen-bond donors (Lipinski definition) is 2. The summed E-state index contributed by atoms with van der Waals surface area (Å²) in [6.45, 7) is 7.43. The number of nitrogens with zero attached hydrogens (tertiary/aromatic N) is 1. The lowest BCUT2D eigenvalue weighted by Crippen LogP contribution is -2.34. The van der Waals surface area contributed by atoms with Crippen LogP contribution in [0.2, 0.25) is 0 Å². The van der Waals surface area contributed by atoms with Crippen LogP contribution in [0.3, 0.4) is 0 Å². The number of carboxylic acid groups (broad SMARTS) is 1. The zero-order valence-corrected chi connectivity index (χ0v) is 11.1. The van der Waals surface area contributed by atoms with E-state index < -0.39 is 11.4 Å². The Kier molecular flexibility index (Phi) is 3.87. The summed E-state index contributed by atoms with van der Waals surface area (Å²) in [5.41, 5.74) is -0.392. The molecule has 94 valence electrons. The lowest BCUT2D eigenvalue weighted by atomic mass is 9.96. The summed E-state index contributed by atoms with van der Waals surface area (Å²) in [7, 11) is 0. The minimum Gasteiger partial charge on any atom is -0.476 e. The van der Waals surface area contributed by atoms with Gasteiger partial charge in [0.25, 0.3) is 0 Å². The van der Waals surface area contributed by atoms with Crippen molar-refractivity contribution in [3.05, 3.63) is 15.6 Å². The molecule has 0 saturated carbocycles. The standard InChI is InChI=1S/C11H16N2O3S/c1-6-8(9(14)15)13-7(17-6)5-12-10(16)11(2,3)4/h5H2,1-4H3,(H,12,16)(H,14,15). The Labute approximate surface area is 104 Å². The maximum atomic E-state index is 11.6. The molecule has 6 heteroatoms. The maximum absolute atomic E-state index is 11.6. The van der Waals surface area contributed by atoms with E-state index in [1.807, 2.05) is 20.8 Å². The van der Waals surface area contributed by atoms with E-state index in [-0.39, 0.29) is 18.1 Å². The molecule has 5 nitrogen and oxygen atoms in total. The molecular formula is C11H16N2O3S. The van der Waals surface area contributed by atoms with Gasteiger partial charge in [0, 0.05) is 10.3 Å². The molecule has 0 aromatic carbocycles. The number of carboxylic acids is 1. The van der Waals surface area contributed by atoms with Gasteiger partial charge in [-0.05, 0) is 6.92 Å². The molecule has 0 spiro atoms. The van der Waals surface area contributed by atoms with Gasteiger partial charge in [-0.25, -0.2) is 9.78 Å². The van der Waals surface area contributed by atoms with Crippen LogP contribution in [0.1, 0.15) is 41.1 Å². The van der Waals surface area contributed by atoms with E-state index >= 15 is 0 Å². The first-order chi connectivity index (χ1) is 7.71. The van der Waals surface area contributed by atoms with Crippen molar-refractivity contribution in [3.63, 3.8) is 0 Å². The molecule has 17 heavy (non-hydrogen) atoms. The van der Waals surface area contributed by atoms with Crippen LogP contribution in [0.25, 0.3) is 0 Å². The Hall–Kier alpha value is -1.43. The molecule has 0 aliphatic heterocycles. The number of hydrogen-bond acceptors (Lipinski definition) is 4. The van der Waals surface area contributed by atoms with Crippen LogP contribution in [0.4, 0.5) is 0 Å². The highest BCUT2D eigenvalue weighted by Crippen LogP contribution is 2.18. The highest BCUT2D eigenvalue weighted by Gasteiger charge is 2.21. The van der Waals surface area contributed by atoms with Gasteiger partial charge in [-0.2, -0.15) is 0 Å². The molecule has 0 aliphatic carbocycles. The molecule has 0 unspecified atom stereocenters. The normalized spacial score (nSPS) is 11.3. The largest absolute Gasteiger partial charge is 0.476 e. The fourth-order valence-corrected chi connectivity index (χ4v) is 2.01. The SMILES string of the molecule is Cc1sc(CNC(=O)C(C)(C)C)nc1C(=O)O. The fourth-order valence-electron chi connectivity index (χ4n) is 1.15. The molecule has 1 rings (SSSR count). The smallest absolute Gasteiger partial charge is 0.355 e. The van der Waals surface area contributed by atoms with Gasteiger partial charge in [0.15, 0.2) is 5.69 Å². The van der Waals surface area contributed by atoms with Crippen LogP contribution < -0.4 is 5.32 Å². The van der Waals surface area contributed by atoms with Crippen LogP contribution in [0.15, 0.2) is 0 Å². The molecule has 0 bridgehead atoms. The number of carbonyl (C=O) groups excluding carboxylic acids is 1. The summed E-state index contributed by atoms with van der Waals surface area (Å²) in [6.07, 6.45) is 0. The average Bonchev–Trinajstić information content (AvgIpc) is 2.54. The van der Waals surface area contributed by atoms with Crippen LogP contribution in [0, 0.1) is 12.3 Å². The zero-order valence-electron chi connectivity index (χ0n) is 10.3. The number of amides is 1. The van der Waals surface area contributed by atoms with Crippen LogP contribution in [0.5, 0.6) is 0 Å². The lowest BCUT2D eigenvalue weighted by molar-refractivity contribution is -0.128. The quantitative estimate of drug-likeness (QED) is 0.864. The van der Waals surface area contributed by atoms with Crippen molar-refractivity contribution in [2.24, 2.45) is 5.41 Å². The van der Waals surface area contributed by atoms with Gasteiger partial charge in [0.05, 0.1) is 6.54 Å². The predicted octanol–water partition coefficient (Wildman–Crippen LogP) is 1.81. The maximum Gasteiger partial charge on any atom is 0.355 e. The minimum absolute atomic E-state index is 0.0648. The van der Waals surface area contributed by atoms with Crippen LogP contribution in [-0.2, 0) is 11.3 Å². The van der Waals surface area contributed by atoms with E-state index in [1.165, 1.54) is 11.3 Å². The number of nitrogens with one attached hydrogen (secondary N) is 1. The molecule has 0 saturated heterocycles. The first-order valence-corrected chi connectivity index (χ1v) is 6.01. The highest BCUT2D eigenvalue weighted by atomic mass is 32.1. The van der Waals surface area contributed by atoms with E-state index in [0.717, 1.165) is 0 Å². The molecule has 0 aliphatic rings. The van der Waals surface area contributed by atoms with Crippen molar-refractivity contribution in [2.75, 3.05) is 0 Å². The molecular weight excluding hydrogens is 240 g/mol. The second-order valence-corrected chi connectivity index (χ2v) is 6.04. The summed E-state index contributed by atoms with van der Waals surface area (Å²) in [6, 6.07) is 0. The summed E-state index contributed by atoms with van der Waals surface area (Å²) in [5, 5.41) is 12.2. The van der Waals surface area contributed by atoms with Crippen molar-refractivity contribution in [1.29, 1.82) is 0 Å². The van der Waals surface area contributed by atoms with E-state index in [4.69, 9.17) is 5.11 Å². The second kappa shape index (κ2) is 4.83. The molecule has 1 amide bonds. The number of thiazole rings is 1. The van der Waals surface area contributed by atoms with Gasteiger partial charge in [-0.15, -0.1) is 11.3 Å². The van der Waals surface area contributed by atoms with Crippen molar-refractivity contribution in [1.82, 2.24) is 10.3 Å². The molecule has 1 aromatic heterocycles. The van der Waals surface area contributed by atoms with Crippen molar-refractivity contribution >= 4 is 23.2 Å². The van der Waals surface area contributed by atoms with E-state index in [0.29, 0.717) is 9.88 Å². The Morgan fingerprint density at radius 3 is 2.41 bits per heavy atom. The number of carbonyl (C=O) groups is 2. The van der Waals surface area contributed by atoms with E-state index in [2.05, 4.69) is 10.3 Å². The molecule has 0 atom stereocenters. The third-order valence-electron chi connectivity index (χ3n) is 2.12. The van der Waals surface area contributed by atoms with Crippen LogP contribution in [-0.4, -0.2) is 22.0 Å². The van der Waals surface area contributed by atoms with Crippen molar-refractivity contribution < 1.29 is 14.7 Å². The Bertz CT molecular complexity index is 446. The monoisotopic (exact) mass is 256 g/mol. The zero-order chi connectivity index (χ0) is 13.2. The predicted molar refractivity (Wildman–Crippen MR) is 65.1 cm³/mol. The first-order valence-electron chi connectivity index (χ1n) is 5.19. The molecule has 2 N–H and O–H groups in total. The summed E-state index contributed by atoms with van der Waals surface area (Å²) in [4.78, 5) is 27.0. The molecule has 1 aromatic rings. The molecule has 1 heterocycles. The van der Waals surface area contributed by atoms with Gasteiger partial charge in [-0.3, -0.25) is 4.79 Å². The first kappa shape index (κ1) is 13.6. The second-order valence-electron chi connectivity index (χ2n) is 4.75. The van der Waals surface area contributed by atoms with Gasteiger partial charge in [-0.1, -0.05) is 20.8 Å². The molecule has 0 radical (unpaired) electrons. The van der Waals surface area contributed by atoms with E-state index in [1.54, 1.807) is 6.92 Å². The van der Waals surface area contributed by atoms with Gasteiger partial charge >= 0.3 is 5.97 Å². The highest BCUT2D eigenvalue weighted by molar-refractivity contribution is 7.11. The van der Waals surface area contributed by atoms with E-state index in [9.17, 15) is 9.59 Å². The summed E-state index contributed by atoms with van der Waals surface area (Å²) in [5.74, 6) is -1.12. The van der Waals surface area contributed by atoms with Gasteiger partial charge in [0.1, 0.15) is 5.01 Å². The minimum atomic E-state index is -1.04. The number of aromatic nitrogens is 1. The number of aromatic carboxylic acids is 1. The molecule has 0 fully saturated rings. The third-order valence-corrected chi connectivity index (χ3v) is 3.10. The number of aryl methyl sites for hydroxylation is 1. The topological polar surface area (TPSA) is 79.3 Å². The van der Waals surface area contributed by atoms with Gasteiger partial charge < -0.3 is 10.4 Å². The summed E-state index contributed by atoms with van der Waals surface area (Å²) < 4.78 is 0. The third kappa shape index (κ3) is 3.52.